The van der Waals surface area contributed by atoms with E-state index in [1.807, 2.05) is 0 Å². The van der Waals surface area contributed by atoms with Crippen molar-refractivity contribution in [1.29, 1.82) is 0 Å². The molecule has 0 aliphatic heterocycles. The molecule has 1 aromatic heterocycles. The number of ether oxygens (including phenoxy) is 1. The third kappa shape index (κ3) is 2.88. The maximum Gasteiger partial charge on any atom is 0.280 e. The molecule has 0 saturated carbocycles. The van der Waals surface area contributed by atoms with E-state index in [1.54, 1.807) is 66.7 Å². The maximum absolute atomic E-state index is 13.3. The molecule has 0 spiro atoms. The molecule has 0 amide bonds. The number of rotatable bonds is 4. The van der Waals surface area contributed by atoms with E-state index in [0.29, 0.717) is 22.3 Å². The molecule has 0 N–H and O–H groups in total. The van der Waals surface area contributed by atoms with Gasteiger partial charge in [0.15, 0.2) is 5.82 Å². The van der Waals surface area contributed by atoms with Crippen LogP contribution in [0.4, 0.5) is 5.69 Å². The Hall–Kier alpha value is -4.00. The predicted molar refractivity (Wildman–Crippen MR) is 106 cm³/mol. The van der Waals surface area contributed by atoms with Gasteiger partial charge in [0, 0.05) is 12.1 Å². The highest BCUT2D eigenvalue weighted by Crippen LogP contribution is 2.30. The number of nitro groups is 1. The minimum Gasteiger partial charge on any atom is -0.497 e. The Morgan fingerprint density at radius 1 is 1.00 bits per heavy atom. The van der Waals surface area contributed by atoms with Crippen LogP contribution in [0.5, 0.6) is 5.75 Å². The zero-order valence-corrected chi connectivity index (χ0v) is 14.9. The first kappa shape index (κ1) is 17.4. The Labute approximate surface area is 159 Å². The van der Waals surface area contributed by atoms with Crippen molar-refractivity contribution >= 4 is 16.6 Å². The minimum absolute atomic E-state index is 0.124. The molecule has 138 valence electrons. The van der Waals surface area contributed by atoms with Crippen LogP contribution >= 0.6 is 0 Å². The van der Waals surface area contributed by atoms with E-state index in [2.05, 4.69) is 4.98 Å². The molecular weight excluding hydrogens is 358 g/mol. The zero-order valence-electron chi connectivity index (χ0n) is 14.9. The first-order chi connectivity index (χ1) is 13.6. The average molecular weight is 373 g/mol. The molecule has 3 aromatic carbocycles. The molecular formula is C21H15N3O4. The summed E-state index contributed by atoms with van der Waals surface area (Å²) < 4.78 is 6.65. The van der Waals surface area contributed by atoms with E-state index < -0.39 is 4.92 Å². The van der Waals surface area contributed by atoms with E-state index in [9.17, 15) is 14.9 Å². The molecule has 0 fully saturated rings. The number of methoxy groups -OCH3 is 1. The zero-order chi connectivity index (χ0) is 19.7. The van der Waals surface area contributed by atoms with Gasteiger partial charge in [-0.1, -0.05) is 30.3 Å². The Balaban J connectivity index is 2.14. The Morgan fingerprint density at radius 2 is 1.75 bits per heavy atom. The summed E-state index contributed by atoms with van der Waals surface area (Å²) in [5, 5.41) is 12.0. The van der Waals surface area contributed by atoms with Gasteiger partial charge in [0.1, 0.15) is 5.75 Å². The van der Waals surface area contributed by atoms with Crippen LogP contribution in [0.25, 0.3) is 28.0 Å². The van der Waals surface area contributed by atoms with Gasteiger partial charge in [0.05, 0.1) is 34.2 Å². The van der Waals surface area contributed by atoms with Crippen LogP contribution in [-0.4, -0.2) is 21.6 Å². The van der Waals surface area contributed by atoms with Crippen molar-refractivity contribution in [3.8, 4) is 22.8 Å². The SMILES string of the molecule is COc1cccc(-n2c(-c3ccccc3[N+](=O)[O-])nc3ccccc3c2=O)c1. The quantitative estimate of drug-likeness (QED) is 0.399. The topological polar surface area (TPSA) is 87.3 Å². The molecule has 0 saturated heterocycles. The molecule has 4 rings (SSSR count). The average Bonchev–Trinajstić information content (AvgIpc) is 2.73. The monoisotopic (exact) mass is 373 g/mol. The van der Waals surface area contributed by atoms with Crippen LogP contribution in [-0.2, 0) is 0 Å². The van der Waals surface area contributed by atoms with Crippen LogP contribution in [0.1, 0.15) is 0 Å². The largest absolute Gasteiger partial charge is 0.497 e. The number of hydrogen-bond acceptors (Lipinski definition) is 5. The van der Waals surface area contributed by atoms with Gasteiger partial charge in [-0.05, 0) is 30.3 Å². The Morgan fingerprint density at radius 3 is 2.54 bits per heavy atom. The summed E-state index contributed by atoms with van der Waals surface area (Å²) in [4.78, 5) is 29.0. The van der Waals surface area contributed by atoms with Gasteiger partial charge in [-0.25, -0.2) is 4.98 Å². The number of benzene rings is 3. The lowest BCUT2D eigenvalue weighted by molar-refractivity contribution is -0.384. The molecule has 7 nitrogen and oxygen atoms in total. The molecule has 0 atom stereocenters. The molecule has 0 unspecified atom stereocenters. The fourth-order valence-corrected chi connectivity index (χ4v) is 3.12. The standard InChI is InChI=1S/C21H15N3O4/c1-28-15-8-6-7-14(13-15)23-20(17-10-3-5-12-19(17)24(26)27)22-18-11-4-2-9-16(18)21(23)25/h2-13H,1H3. The molecule has 4 aromatic rings. The van der Waals surface area contributed by atoms with Gasteiger partial charge >= 0.3 is 0 Å². The van der Waals surface area contributed by atoms with Gasteiger partial charge in [0.2, 0.25) is 0 Å². The van der Waals surface area contributed by atoms with Gasteiger partial charge in [0.25, 0.3) is 11.2 Å². The lowest BCUT2D eigenvalue weighted by Gasteiger charge is -2.14. The Kier molecular flexibility index (Phi) is 4.33. The van der Waals surface area contributed by atoms with Crippen molar-refractivity contribution in [2.75, 3.05) is 7.11 Å². The smallest absolute Gasteiger partial charge is 0.280 e. The summed E-state index contributed by atoms with van der Waals surface area (Å²) in [5.41, 5.74) is 0.807. The lowest BCUT2D eigenvalue weighted by Crippen LogP contribution is -2.22. The molecule has 0 aliphatic carbocycles. The molecule has 0 bridgehead atoms. The second kappa shape index (κ2) is 6.96. The minimum atomic E-state index is -0.480. The van der Waals surface area contributed by atoms with Crippen molar-refractivity contribution < 1.29 is 9.66 Å². The molecule has 0 aliphatic rings. The number of aromatic nitrogens is 2. The van der Waals surface area contributed by atoms with Crippen LogP contribution in [0, 0.1) is 10.1 Å². The van der Waals surface area contributed by atoms with Crippen LogP contribution < -0.4 is 10.3 Å². The summed E-state index contributed by atoms with van der Waals surface area (Å²) in [6, 6.07) is 20.1. The van der Waals surface area contributed by atoms with Gasteiger partial charge in [-0.15, -0.1) is 0 Å². The number of fused-ring (bicyclic) bond motifs is 1. The highest BCUT2D eigenvalue weighted by molar-refractivity contribution is 5.82. The first-order valence-corrected chi connectivity index (χ1v) is 8.50. The van der Waals surface area contributed by atoms with Crippen molar-refractivity contribution in [3.63, 3.8) is 0 Å². The van der Waals surface area contributed by atoms with E-state index in [4.69, 9.17) is 4.74 Å². The molecule has 7 heteroatoms. The maximum atomic E-state index is 13.3. The van der Waals surface area contributed by atoms with Crippen LogP contribution in [0.3, 0.4) is 0 Å². The summed E-state index contributed by atoms with van der Waals surface area (Å²) in [6.07, 6.45) is 0. The van der Waals surface area contributed by atoms with Crippen molar-refractivity contribution in [2.45, 2.75) is 0 Å². The lowest BCUT2D eigenvalue weighted by atomic mass is 10.1. The first-order valence-electron chi connectivity index (χ1n) is 8.50. The van der Waals surface area contributed by atoms with E-state index in [0.717, 1.165) is 0 Å². The van der Waals surface area contributed by atoms with Gasteiger partial charge in [-0.3, -0.25) is 19.5 Å². The van der Waals surface area contributed by atoms with Crippen molar-refractivity contribution in [1.82, 2.24) is 9.55 Å². The number of hydrogen-bond donors (Lipinski definition) is 0. The van der Waals surface area contributed by atoms with Gasteiger partial charge < -0.3 is 4.74 Å². The van der Waals surface area contributed by atoms with Crippen LogP contribution in [0.15, 0.2) is 77.6 Å². The Bertz CT molecular complexity index is 1260. The molecule has 1 heterocycles. The highest BCUT2D eigenvalue weighted by atomic mass is 16.6. The number of nitrogens with zero attached hydrogens (tertiary/aromatic N) is 3. The van der Waals surface area contributed by atoms with Gasteiger partial charge in [-0.2, -0.15) is 0 Å². The van der Waals surface area contributed by atoms with Crippen LogP contribution in [0.2, 0.25) is 0 Å². The summed E-state index contributed by atoms with van der Waals surface area (Å²) >= 11 is 0. The predicted octanol–water partition coefficient (Wildman–Crippen LogP) is 3.97. The second-order valence-electron chi connectivity index (χ2n) is 6.07. The fourth-order valence-electron chi connectivity index (χ4n) is 3.12. The summed E-state index contributed by atoms with van der Waals surface area (Å²) in [7, 11) is 1.53. The third-order valence-electron chi connectivity index (χ3n) is 4.43. The van der Waals surface area contributed by atoms with Crippen molar-refractivity contribution in [3.05, 3.63) is 93.3 Å². The fraction of sp³-hybridized carbons (Fsp3) is 0.0476. The molecule has 28 heavy (non-hydrogen) atoms. The second-order valence-corrected chi connectivity index (χ2v) is 6.07. The molecule has 0 radical (unpaired) electrons. The van der Waals surface area contributed by atoms with E-state index >= 15 is 0 Å². The summed E-state index contributed by atoms with van der Waals surface area (Å²) in [6.45, 7) is 0. The number of para-hydroxylation sites is 2. The summed E-state index contributed by atoms with van der Waals surface area (Å²) in [5.74, 6) is 0.760. The third-order valence-corrected chi connectivity index (χ3v) is 4.43. The van der Waals surface area contributed by atoms with Crippen molar-refractivity contribution in [2.24, 2.45) is 0 Å². The van der Waals surface area contributed by atoms with E-state index in [1.165, 1.54) is 17.7 Å². The highest BCUT2D eigenvalue weighted by Gasteiger charge is 2.21. The normalized spacial score (nSPS) is 10.8. The number of nitro benzene ring substituents is 1. The van der Waals surface area contributed by atoms with E-state index in [-0.39, 0.29) is 22.6 Å².